The second-order valence-electron chi connectivity index (χ2n) is 7.68. The summed E-state index contributed by atoms with van der Waals surface area (Å²) in [7, 11) is 1.85. The summed E-state index contributed by atoms with van der Waals surface area (Å²) in [6.07, 6.45) is 2.27. The normalized spacial score (nSPS) is 18.6. The molecule has 31 heavy (non-hydrogen) atoms. The molecule has 0 aliphatic carbocycles. The van der Waals surface area contributed by atoms with E-state index in [4.69, 9.17) is 16.0 Å². The average molecular weight is 438 g/mol. The first kappa shape index (κ1) is 21.2. The summed E-state index contributed by atoms with van der Waals surface area (Å²) in [6.45, 7) is 0.909. The first-order chi connectivity index (χ1) is 15.0. The SMILES string of the molecule is CNC1CC(C(=O)Nc2ccc(Cl)cc2)CN(C(=O)c2cccc(-c3ccco3)c2)C1. The van der Waals surface area contributed by atoms with Gasteiger partial charge in [-0.2, -0.15) is 0 Å². The summed E-state index contributed by atoms with van der Waals surface area (Å²) in [5, 5.41) is 6.77. The van der Waals surface area contributed by atoms with Crippen LogP contribution < -0.4 is 10.6 Å². The maximum absolute atomic E-state index is 13.3. The monoisotopic (exact) mass is 437 g/mol. The number of likely N-dealkylation sites (N-methyl/N-ethyl adjacent to an activating group) is 1. The molecule has 2 aromatic carbocycles. The van der Waals surface area contributed by atoms with Gasteiger partial charge in [0.15, 0.2) is 0 Å². The zero-order valence-corrected chi connectivity index (χ0v) is 17.9. The number of hydrogen-bond donors (Lipinski definition) is 2. The minimum Gasteiger partial charge on any atom is -0.464 e. The van der Waals surface area contributed by atoms with Gasteiger partial charge in [-0.1, -0.05) is 23.7 Å². The van der Waals surface area contributed by atoms with Gasteiger partial charge in [0.1, 0.15) is 5.76 Å². The van der Waals surface area contributed by atoms with Crippen molar-refractivity contribution in [2.75, 3.05) is 25.5 Å². The van der Waals surface area contributed by atoms with Gasteiger partial charge in [-0.05, 0) is 62.0 Å². The summed E-state index contributed by atoms with van der Waals surface area (Å²) >= 11 is 5.92. The third-order valence-corrected chi connectivity index (χ3v) is 5.80. The molecule has 2 heterocycles. The highest BCUT2D eigenvalue weighted by atomic mass is 35.5. The van der Waals surface area contributed by atoms with E-state index in [0.717, 1.165) is 5.56 Å². The predicted molar refractivity (Wildman–Crippen MR) is 121 cm³/mol. The Morgan fingerprint density at radius 1 is 1.06 bits per heavy atom. The van der Waals surface area contributed by atoms with Crippen molar-refractivity contribution in [2.45, 2.75) is 12.5 Å². The molecule has 2 atom stereocenters. The number of nitrogens with zero attached hydrogens (tertiary/aromatic N) is 1. The molecule has 0 bridgehead atoms. The molecule has 2 N–H and O–H groups in total. The van der Waals surface area contributed by atoms with Crippen LogP contribution in [0.25, 0.3) is 11.3 Å². The molecule has 0 saturated carbocycles. The lowest BCUT2D eigenvalue weighted by atomic mass is 9.92. The molecule has 2 unspecified atom stereocenters. The molecule has 0 radical (unpaired) electrons. The van der Waals surface area contributed by atoms with Crippen LogP contribution in [-0.4, -0.2) is 42.9 Å². The number of hydrogen-bond acceptors (Lipinski definition) is 4. The highest BCUT2D eigenvalue weighted by Crippen LogP contribution is 2.24. The molecule has 1 saturated heterocycles. The molecular formula is C24H24ClN3O3. The van der Waals surface area contributed by atoms with Crippen LogP contribution in [0.15, 0.2) is 71.3 Å². The Hall–Kier alpha value is -3.09. The Morgan fingerprint density at radius 3 is 2.58 bits per heavy atom. The van der Waals surface area contributed by atoms with Crippen LogP contribution in [0, 0.1) is 5.92 Å². The van der Waals surface area contributed by atoms with E-state index in [1.165, 1.54) is 0 Å². The highest BCUT2D eigenvalue weighted by molar-refractivity contribution is 6.30. The van der Waals surface area contributed by atoms with Gasteiger partial charge in [0.2, 0.25) is 5.91 Å². The Kier molecular flexibility index (Phi) is 6.39. The van der Waals surface area contributed by atoms with Crippen LogP contribution in [0.1, 0.15) is 16.8 Å². The van der Waals surface area contributed by atoms with Crippen molar-refractivity contribution in [3.63, 3.8) is 0 Å². The van der Waals surface area contributed by atoms with Crippen molar-refractivity contribution >= 4 is 29.1 Å². The smallest absolute Gasteiger partial charge is 0.253 e. The third-order valence-electron chi connectivity index (χ3n) is 5.54. The molecular weight excluding hydrogens is 414 g/mol. The van der Waals surface area contributed by atoms with E-state index in [1.54, 1.807) is 41.5 Å². The number of piperidine rings is 1. The van der Waals surface area contributed by atoms with Gasteiger partial charge in [0.25, 0.3) is 5.91 Å². The maximum atomic E-state index is 13.3. The van der Waals surface area contributed by atoms with Crippen molar-refractivity contribution in [1.29, 1.82) is 0 Å². The van der Waals surface area contributed by atoms with Gasteiger partial charge in [-0.3, -0.25) is 9.59 Å². The van der Waals surface area contributed by atoms with Crippen LogP contribution in [0.4, 0.5) is 5.69 Å². The molecule has 6 nitrogen and oxygen atoms in total. The Labute approximate surface area is 186 Å². The van der Waals surface area contributed by atoms with Crippen LogP contribution in [0.2, 0.25) is 5.02 Å². The van der Waals surface area contributed by atoms with Crippen LogP contribution in [0.3, 0.4) is 0 Å². The number of carbonyl (C=O) groups excluding carboxylic acids is 2. The summed E-state index contributed by atoms with van der Waals surface area (Å²) in [5.74, 6) is 0.183. The lowest BCUT2D eigenvalue weighted by Crippen LogP contribution is -2.52. The molecule has 3 aromatic rings. The van der Waals surface area contributed by atoms with Crippen molar-refractivity contribution in [2.24, 2.45) is 5.92 Å². The van der Waals surface area contributed by atoms with Gasteiger partial charge < -0.3 is 20.0 Å². The van der Waals surface area contributed by atoms with E-state index >= 15 is 0 Å². The van der Waals surface area contributed by atoms with Gasteiger partial charge in [-0.25, -0.2) is 0 Å². The van der Waals surface area contributed by atoms with Crippen molar-refractivity contribution in [3.8, 4) is 11.3 Å². The number of anilines is 1. The molecule has 4 rings (SSSR count). The zero-order valence-electron chi connectivity index (χ0n) is 17.2. The van der Waals surface area contributed by atoms with Crippen molar-refractivity contribution in [1.82, 2.24) is 10.2 Å². The van der Waals surface area contributed by atoms with E-state index in [1.807, 2.05) is 37.4 Å². The van der Waals surface area contributed by atoms with Gasteiger partial charge >= 0.3 is 0 Å². The molecule has 1 fully saturated rings. The molecule has 160 valence electrons. The summed E-state index contributed by atoms with van der Waals surface area (Å²) in [6, 6.07) is 18.1. The van der Waals surface area contributed by atoms with E-state index in [0.29, 0.717) is 41.5 Å². The Bertz CT molecular complexity index is 1050. The first-order valence-electron chi connectivity index (χ1n) is 10.2. The lowest BCUT2D eigenvalue weighted by molar-refractivity contribution is -0.121. The second kappa shape index (κ2) is 9.37. The number of benzene rings is 2. The van der Waals surface area contributed by atoms with E-state index < -0.39 is 0 Å². The minimum absolute atomic E-state index is 0.0342. The van der Waals surface area contributed by atoms with E-state index in [-0.39, 0.29) is 23.8 Å². The number of halogens is 1. The maximum Gasteiger partial charge on any atom is 0.253 e. The Balaban J connectivity index is 1.50. The van der Waals surface area contributed by atoms with Gasteiger partial charge in [-0.15, -0.1) is 0 Å². The molecule has 1 aromatic heterocycles. The van der Waals surface area contributed by atoms with Gasteiger partial charge in [0, 0.05) is 41.0 Å². The van der Waals surface area contributed by atoms with Crippen LogP contribution in [0.5, 0.6) is 0 Å². The topological polar surface area (TPSA) is 74.6 Å². The molecule has 7 heteroatoms. The zero-order chi connectivity index (χ0) is 21.8. The van der Waals surface area contributed by atoms with Crippen molar-refractivity contribution in [3.05, 3.63) is 77.5 Å². The van der Waals surface area contributed by atoms with Gasteiger partial charge in [0.05, 0.1) is 12.2 Å². The molecule has 1 aliphatic rings. The number of likely N-dealkylation sites (tertiary alicyclic amines) is 1. The lowest BCUT2D eigenvalue weighted by Gasteiger charge is -2.37. The van der Waals surface area contributed by atoms with Crippen LogP contribution >= 0.6 is 11.6 Å². The molecule has 2 amide bonds. The van der Waals surface area contributed by atoms with E-state index in [2.05, 4.69) is 10.6 Å². The van der Waals surface area contributed by atoms with Crippen molar-refractivity contribution < 1.29 is 14.0 Å². The predicted octanol–water partition coefficient (Wildman–Crippen LogP) is 4.29. The highest BCUT2D eigenvalue weighted by Gasteiger charge is 2.33. The third kappa shape index (κ3) is 4.98. The fraction of sp³-hybridized carbons (Fsp3) is 0.250. The number of carbonyl (C=O) groups is 2. The summed E-state index contributed by atoms with van der Waals surface area (Å²) in [5.41, 5.74) is 2.10. The Morgan fingerprint density at radius 2 is 1.87 bits per heavy atom. The number of amides is 2. The fourth-order valence-electron chi connectivity index (χ4n) is 3.87. The second-order valence-corrected chi connectivity index (χ2v) is 8.12. The largest absolute Gasteiger partial charge is 0.464 e. The standard InChI is InChI=1S/C24H24ClN3O3/c1-26-21-13-18(23(29)27-20-9-7-19(25)8-10-20)14-28(15-21)24(30)17-5-2-4-16(12-17)22-6-3-11-31-22/h2-12,18,21,26H,13-15H2,1H3,(H,27,29). The summed E-state index contributed by atoms with van der Waals surface area (Å²) < 4.78 is 5.45. The molecule has 1 aliphatic heterocycles. The first-order valence-corrected chi connectivity index (χ1v) is 10.6. The van der Waals surface area contributed by atoms with E-state index in [9.17, 15) is 9.59 Å². The quantitative estimate of drug-likeness (QED) is 0.624. The van der Waals surface area contributed by atoms with Crippen LogP contribution in [-0.2, 0) is 4.79 Å². The summed E-state index contributed by atoms with van der Waals surface area (Å²) in [4.78, 5) is 27.9. The number of nitrogens with one attached hydrogen (secondary N) is 2. The number of rotatable bonds is 5. The minimum atomic E-state index is -0.320. The fourth-order valence-corrected chi connectivity index (χ4v) is 4.00. The average Bonchev–Trinajstić information content (AvgIpc) is 3.35. The molecule has 0 spiro atoms. The number of furan rings is 1.